The second-order valence-electron chi connectivity index (χ2n) is 6.97. The van der Waals surface area contributed by atoms with Gasteiger partial charge in [0, 0.05) is 17.9 Å². The van der Waals surface area contributed by atoms with Gasteiger partial charge in [-0.05, 0) is 30.2 Å². The number of carbonyl (C=O) groups is 2. The molecule has 2 aromatic carbocycles. The Labute approximate surface area is 160 Å². The van der Waals surface area contributed by atoms with Crippen LogP contribution < -0.4 is 22.6 Å². The van der Waals surface area contributed by atoms with Crippen LogP contribution in [0.3, 0.4) is 0 Å². The van der Waals surface area contributed by atoms with E-state index in [4.69, 9.17) is 0 Å². The van der Waals surface area contributed by atoms with E-state index in [2.05, 4.69) is 16.3 Å². The number of halogens is 1. The molecule has 26 heavy (non-hydrogen) atoms. The van der Waals surface area contributed by atoms with Crippen LogP contribution in [-0.2, 0) is 16.0 Å². The van der Waals surface area contributed by atoms with Crippen molar-refractivity contribution in [2.24, 2.45) is 0 Å². The van der Waals surface area contributed by atoms with Gasteiger partial charge in [0.1, 0.15) is 0 Å². The third kappa shape index (κ3) is 4.23. The summed E-state index contributed by atoms with van der Waals surface area (Å²) in [6, 6.07) is 17.5. The molecule has 0 saturated carbocycles. The Bertz CT molecular complexity index is 765. The summed E-state index contributed by atoms with van der Waals surface area (Å²) in [6.07, 6.45) is 1.49. The van der Waals surface area contributed by atoms with Crippen LogP contribution in [-0.4, -0.2) is 50.0 Å². The van der Waals surface area contributed by atoms with Gasteiger partial charge in [-0.1, -0.05) is 36.4 Å². The molecule has 0 spiro atoms. The van der Waals surface area contributed by atoms with Gasteiger partial charge in [-0.25, -0.2) is 0 Å². The first-order chi connectivity index (χ1) is 12.0. The predicted octanol–water partition coefficient (Wildman–Crippen LogP) is -0.707. The van der Waals surface area contributed by atoms with Crippen molar-refractivity contribution in [1.82, 2.24) is 0 Å². The molecule has 0 fully saturated rings. The van der Waals surface area contributed by atoms with Crippen LogP contribution in [0.4, 0.5) is 11.4 Å². The van der Waals surface area contributed by atoms with E-state index in [9.17, 15) is 9.59 Å². The standard InChI is InChI=1S/C20H23N3O2.ClH/c1-23(2,14-19(25)21-17-9-4-3-5-10-17)20(15-24)22-13-12-16-8-6-7-11-18(16)22;/h3-11,15,20H,12-14H2,1-2H3;1H. The zero-order chi connectivity index (χ0) is 17.9. The minimum atomic E-state index is -0.398. The Morgan fingerprint density at radius 2 is 1.81 bits per heavy atom. The molecule has 0 aliphatic carbocycles. The molecule has 3 rings (SSSR count). The fraction of sp³-hybridized carbons (Fsp3) is 0.300. The molecule has 0 saturated heterocycles. The van der Waals surface area contributed by atoms with Crippen LogP contribution in [0.25, 0.3) is 0 Å². The van der Waals surface area contributed by atoms with Gasteiger partial charge in [0.15, 0.2) is 12.8 Å². The molecule has 1 aliphatic heterocycles. The number of nitrogens with zero attached hydrogens (tertiary/aromatic N) is 2. The number of para-hydroxylation sites is 2. The molecular weight excluding hydrogens is 350 g/mol. The molecule has 1 amide bonds. The molecule has 1 heterocycles. The third-order valence-electron chi connectivity index (χ3n) is 4.69. The van der Waals surface area contributed by atoms with Crippen molar-refractivity contribution >= 4 is 23.6 Å². The summed E-state index contributed by atoms with van der Waals surface area (Å²) in [5.41, 5.74) is 3.11. The Hall–Kier alpha value is -2.37. The summed E-state index contributed by atoms with van der Waals surface area (Å²) in [6.45, 7) is 1.02. The van der Waals surface area contributed by atoms with Crippen LogP contribution in [0.1, 0.15) is 5.56 Å². The lowest BCUT2D eigenvalue weighted by atomic mass is 10.2. The van der Waals surface area contributed by atoms with Gasteiger partial charge in [0.2, 0.25) is 6.17 Å². The average molecular weight is 374 g/mol. The topological polar surface area (TPSA) is 49.4 Å². The van der Waals surface area contributed by atoms with Crippen molar-refractivity contribution in [3.05, 3.63) is 60.2 Å². The van der Waals surface area contributed by atoms with E-state index in [1.807, 2.05) is 62.6 Å². The Kier molecular flexibility index (Phi) is 6.40. The van der Waals surface area contributed by atoms with E-state index in [1.165, 1.54) is 5.56 Å². The average Bonchev–Trinajstić information content (AvgIpc) is 2.99. The summed E-state index contributed by atoms with van der Waals surface area (Å²) in [5, 5.41) is 2.90. The van der Waals surface area contributed by atoms with Crippen molar-refractivity contribution in [3.63, 3.8) is 0 Å². The van der Waals surface area contributed by atoms with Crippen LogP contribution in [0, 0.1) is 0 Å². The molecule has 138 valence electrons. The largest absolute Gasteiger partial charge is 1.00 e. The number of aldehydes is 1. The molecule has 0 aromatic heterocycles. The van der Waals surface area contributed by atoms with Crippen molar-refractivity contribution in [1.29, 1.82) is 0 Å². The van der Waals surface area contributed by atoms with Crippen LogP contribution >= 0.6 is 0 Å². The minimum Gasteiger partial charge on any atom is -1.00 e. The van der Waals surface area contributed by atoms with Gasteiger partial charge in [-0.15, -0.1) is 0 Å². The lowest BCUT2D eigenvalue weighted by Gasteiger charge is -2.39. The number of amides is 1. The summed E-state index contributed by atoms with van der Waals surface area (Å²) in [7, 11) is 3.84. The Balaban J connectivity index is 0.00000243. The molecule has 2 aromatic rings. The van der Waals surface area contributed by atoms with Crippen molar-refractivity contribution in [3.8, 4) is 0 Å². The Morgan fingerprint density at radius 1 is 1.15 bits per heavy atom. The van der Waals surface area contributed by atoms with Gasteiger partial charge in [0.05, 0.1) is 14.1 Å². The quantitative estimate of drug-likeness (QED) is 0.538. The lowest BCUT2D eigenvalue weighted by molar-refractivity contribution is -0.896. The maximum atomic E-state index is 12.4. The van der Waals surface area contributed by atoms with Gasteiger partial charge in [0.25, 0.3) is 5.91 Å². The number of likely N-dealkylation sites (N-methyl/N-ethyl adjacent to an activating group) is 1. The molecule has 1 N–H and O–H groups in total. The first kappa shape index (κ1) is 19.9. The van der Waals surface area contributed by atoms with Gasteiger partial charge < -0.3 is 22.6 Å². The molecule has 5 nitrogen and oxygen atoms in total. The van der Waals surface area contributed by atoms with Crippen molar-refractivity contribution in [2.75, 3.05) is 37.4 Å². The molecule has 0 bridgehead atoms. The number of quaternary nitrogens is 1. The van der Waals surface area contributed by atoms with Gasteiger partial charge in [-0.3, -0.25) is 14.1 Å². The van der Waals surface area contributed by atoms with Gasteiger partial charge in [-0.2, -0.15) is 0 Å². The first-order valence-electron chi connectivity index (χ1n) is 8.49. The SMILES string of the molecule is C[N+](C)(CC(=O)Nc1ccccc1)C(C=O)N1CCc2ccccc21.[Cl-]. The fourth-order valence-electron chi connectivity index (χ4n) is 3.44. The van der Waals surface area contributed by atoms with E-state index in [-0.39, 0.29) is 29.3 Å². The zero-order valence-electron chi connectivity index (χ0n) is 15.1. The fourth-order valence-corrected chi connectivity index (χ4v) is 3.44. The number of fused-ring (bicyclic) bond motifs is 1. The number of hydrogen-bond acceptors (Lipinski definition) is 3. The molecule has 1 unspecified atom stereocenters. The highest BCUT2D eigenvalue weighted by Gasteiger charge is 2.38. The molecule has 1 aliphatic rings. The Morgan fingerprint density at radius 3 is 2.50 bits per heavy atom. The summed E-state index contributed by atoms with van der Waals surface area (Å²) in [5.74, 6) is -0.101. The second kappa shape index (κ2) is 8.34. The number of anilines is 2. The normalized spacial score (nSPS) is 14.2. The summed E-state index contributed by atoms with van der Waals surface area (Å²) >= 11 is 0. The van der Waals surface area contributed by atoms with Crippen LogP contribution in [0.5, 0.6) is 0 Å². The van der Waals surface area contributed by atoms with Crippen LogP contribution in [0.2, 0.25) is 0 Å². The monoisotopic (exact) mass is 373 g/mol. The summed E-state index contributed by atoms with van der Waals surface area (Å²) in [4.78, 5) is 26.5. The van der Waals surface area contributed by atoms with E-state index in [0.717, 1.165) is 30.6 Å². The summed E-state index contributed by atoms with van der Waals surface area (Å²) < 4.78 is 0.274. The number of nitrogens with one attached hydrogen (secondary N) is 1. The first-order valence-corrected chi connectivity index (χ1v) is 8.49. The van der Waals surface area contributed by atoms with E-state index in [0.29, 0.717) is 0 Å². The second-order valence-corrected chi connectivity index (χ2v) is 6.97. The van der Waals surface area contributed by atoms with Crippen molar-refractivity contribution < 1.29 is 26.5 Å². The van der Waals surface area contributed by atoms with Crippen molar-refractivity contribution in [2.45, 2.75) is 12.6 Å². The smallest absolute Gasteiger partial charge is 0.279 e. The van der Waals surface area contributed by atoms with Crippen LogP contribution in [0.15, 0.2) is 54.6 Å². The molecule has 1 atom stereocenters. The number of hydrogen-bond donors (Lipinski definition) is 1. The maximum Gasteiger partial charge on any atom is 0.279 e. The van der Waals surface area contributed by atoms with E-state index in [1.54, 1.807) is 0 Å². The highest BCUT2D eigenvalue weighted by Crippen LogP contribution is 2.30. The number of benzene rings is 2. The van der Waals surface area contributed by atoms with E-state index >= 15 is 0 Å². The zero-order valence-corrected chi connectivity index (χ0v) is 15.8. The third-order valence-corrected chi connectivity index (χ3v) is 4.69. The number of rotatable bonds is 6. The minimum absolute atomic E-state index is 0. The molecule has 6 heteroatoms. The molecule has 0 radical (unpaired) electrons. The van der Waals surface area contributed by atoms with Gasteiger partial charge >= 0.3 is 0 Å². The van der Waals surface area contributed by atoms with E-state index < -0.39 is 6.17 Å². The highest BCUT2D eigenvalue weighted by atomic mass is 35.5. The predicted molar refractivity (Wildman–Crippen MR) is 99.4 cm³/mol. The maximum absolute atomic E-state index is 12.4. The lowest BCUT2D eigenvalue weighted by Crippen LogP contribution is -3.00. The highest BCUT2D eigenvalue weighted by molar-refractivity contribution is 5.91. The number of carbonyl (C=O) groups excluding carboxylic acids is 2. The molecular formula is C20H24ClN3O2.